The van der Waals surface area contributed by atoms with Gasteiger partial charge in [0, 0.05) is 0 Å². The fourth-order valence-electron chi connectivity index (χ4n) is 2.61. The Hall–Kier alpha value is -0.980. The number of allylic oxidation sites excluding steroid dienone is 2. The van der Waals surface area contributed by atoms with Gasteiger partial charge in [0.2, 0.25) is 0 Å². The van der Waals surface area contributed by atoms with Gasteiger partial charge in [0.1, 0.15) is 0 Å². The number of hydrogen-bond donors (Lipinski definition) is 0. The highest BCUT2D eigenvalue weighted by atomic mass is 19.4. The Labute approximate surface area is 92.9 Å². The van der Waals surface area contributed by atoms with Gasteiger partial charge in [-0.25, -0.2) is 0 Å². The third-order valence-corrected chi connectivity index (χ3v) is 3.82. The summed E-state index contributed by atoms with van der Waals surface area (Å²) in [6.45, 7) is 0. The van der Waals surface area contributed by atoms with E-state index in [1.807, 2.05) is 0 Å². The maximum absolute atomic E-state index is 12.6. The van der Waals surface area contributed by atoms with Crippen LogP contribution in [0.5, 0.6) is 0 Å². The second-order valence-corrected chi connectivity index (χ2v) is 4.78. The summed E-state index contributed by atoms with van der Waals surface area (Å²) in [6.07, 6.45) is 1.01. The molecular formula is C12H14F3N. The number of halogens is 3. The van der Waals surface area contributed by atoms with Crippen LogP contribution >= 0.6 is 0 Å². The van der Waals surface area contributed by atoms with E-state index in [-0.39, 0.29) is 6.42 Å². The number of hydrogen-bond acceptors (Lipinski definition) is 1. The molecule has 16 heavy (non-hydrogen) atoms. The molecule has 0 aliphatic heterocycles. The molecule has 0 unspecified atom stereocenters. The standard InChI is InChI=1S/C12H14F3N/c13-12(14,15)10-4-1-3-9(7-10)11(8-16)5-2-6-11/h7,10H,1-6H2/t10-/m0/s1. The summed E-state index contributed by atoms with van der Waals surface area (Å²) in [4.78, 5) is 0. The smallest absolute Gasteiger partial charge is 0.197 e. The lowest BCUT2D eigenvalue weighted by molar-refractivity contribution is -0.164. The normalized spacial score (nSPS) is 28.9. The van der Waals surface area contributed by atoms with Crippen LogP contribution in [0.2, 0.25) is 0 Å². The molecule has 4 heteroatoms. The van der Waals surface area contributed by atoms with Crippen molar-refractivity contribution in [1.82, 2.24) is 0 Å². The van der Waals surface area contributed by atoms with Crippen LogP contribution in [0.1, 0.15) is 38.5 Å². The van der Waals surface area contributed by atoms with Crippen molar-refractivity contribution in [1.29, 1.82) is 5.26 Å². The van der Waals surface area contributed by atoms with Crippen molar-refractivity contribution in [3.63, 3.8) is 0 Å². The van der Waals surface area contributed by atoms with Crippen molar-refractivity contribution >= 4 is 0 Å². The molecule has 0 N–H and O–H groups in total. The summed E-state index contributed by atoms with van der Waals surface area (Å²) < 4.78 is 37.8. The zero-order valence-corrected chi connectivity index (χ0v) is 8.98. The van der Waals surface area contributed by atoms with Crippen LogP contribution in [-0.2, 0) is 0 Å². The highest BCUT2D eigenvalue weighted by Crippen LogP contribution is 2.51. The Balaban J connectivity index is 2.22. The first-order chi connectivity index (χ1) is 7.48. The Morgan fingerprint density at radius 3 is 2.44 bits per heavy atom. The van der Waals surface area contributed by atoms with Crippen molar-refractivity contribution in [3.8, 4) is 6.07 Å². The Bertz CT molecular complexity index is 344. The van der Waals surface area contributed by atoms with Crippen LogP contribution < -0.4 is 0 Å². The van der Waals surface area contributed by atoms with Crippen LogP contribution in [0.4, 0.5) is 13.2 Å². The van der Waals surface area contributed by atoms with Crippen molar-refractivity contribution in [2.75, 3.05) is 0 Å². The molecule has 0 saturated heterocycles. The predicted octanol–water partition coefficient (Wildman–Crippen LogP) is 3.97. The van der Waals surface area contributed by atoms with E-state index < -0.39 is 17.5 Å². The molecule has 0 heterocycles. The highest BCUT2D eigenvalue weighted by molar-refractivity contribution is 5.29. The first kappa shape index (κ1) is 11.5. The molecule has 0 amide bonds. The van der Waals surface area contributed by atoms with E-state index in [4.69, 9.17) is 5.26 Å². The number of nitriles is 1. The first-order valence-corrected chi connectivity index (χ1v) is 5.67. The summed E-state index contributed by atoms with van der Waals surface area (Å²) in [5.74, 6) is -1.33. The van der Waals surface area contributed by atoms with Gasteiger partial charge in [0.05, 0.1) is 17.4 Å². The zero-order valence-electron chi connectivity index (χ0n) is 8.98. The Morgan fingerprint density at radius 1 is 1.31 bits per heavy atom. The second-order valence-electron chi connectivity index (χ2n) is 4.78. The SMILES string of the molecule is N#CC1(C2=C[C@@H](C(F)(F)F)CCC2)CCC1. The largest absolute Gasteiger partial charge is 0.395 e. The molecule has 2 aliphatic rings. The Morgan fingerprint density at radius 2 is 2.00 bits per heavy atom. The molecule has 1 atom stereocenters. The summed E-state index contributed by atoms with van der Waals surface area (Å²) in [5.41, 5.74) is 0.194. The van der Waals surface area contributed by atoms with Crippen LogP contribution in [0.3, 0.4) is 0 Å². The number of nitrogens with zero attached hydrogens (tertiary/aromatic N) is 1. The molecule has 1 nitrogen and oxygen atoms in total. The molecule has 0 aromatic heterocycles. The van der Waals surface area contributed by atoms with E-state index >= 15 is 0 Å². The zero-order chi connectivity index (χ0) is 11.8. The number of alkyl halides is 3. The van der Waals surface area contributed by atoms with Crippen molar-refractivity contribution in [3.05, 3.63) is 11.6 Å². The van der Waals surface area contributed by atoms with Gasteiger partial charge < -0.3 is 0 Å². The topological polar surface area (TPSA) is 23.8 Å². The van der Waals surface area contributed by atoms with E-state index in [0.717, 1.165) is 24.8 Å². The Kier molecular flexibility index (Phi) is 2.73. The van der Waals surface area contributed by atoms with Gasteiger partial charge >= 0.3 is 6.18 Å². The van der Waals surface area contributed by atoms with Gasteiger partial charge in [0.15, 0.2) is 0 Å². The predicted molar refractivity (Wildman–Crippen MR) is 53.4 cm³/mol. The average molecular weight is 229 g/mol. The van der Waals surface area contributed by atoms with Crippen LogP contribution in [0.25, 0.3) is 0 Å². The maximum atomic E-state index is 12.6. The highest BCUT2D eigenvalue weighted by Gasteiger charge is 2.45. The second kappa shape index (κ2) is 3.80. The van der Waals surface area contributed by atoms with Crippen LogP contribution in [0.15, 0.2) is 11.6 Å². The number of rotatable bonds is 1. The van der Waals surface area contributed by atoms with Gasteiger partial charge in [-0.15, -0.1) is 0 Å². The van der Waals surface area contributed by atoms with E-state index in [9.17, 15) is 13.2 Å². The third kappa shape index (κ3) is 1.83. The van der Waals surface area contributed by atoms with E-state index in [0.29, 0.717) is 12.8 Å². The minimum absolute atomic E-state index is 0.175. The molecule has 1 saturated carbocycles. The van der Waals surface area contributed by atoms with E-state index in [2.05, 4.69) is 6.07 Å². The lowest BCUT2D eigenvalue weighted by Gasteiger charge is -2.40. The molecule has 0 aromatic rings. The van der Waals surface area contributed by atoms with E-state index in [1.54, 1.807) is 0 Å². The summed E-state index contributed by atoms with van der Waals surface area (Å²) >= 11 is 0. The van der Waals surface area contributed by atoms with Crippen LogP contribution in [-0.4, -0.2) is 6.18 Å². The molecule has 0 spiro atoms. The van der Waals surface area contributed by atoms with Crippen molar-refractivity contribution in [2.45, 2.75) is 44.7 Å². The van der Waals surface area contributed by atoms with Gasteiger partial charge in [-0.2, -0.15) is 18.4 Å². The fourth-order valence-corrected chi connectivity index (χ4v) is 2.61. The monoisotopic (exact) mass is 229 g/mol. The average Bonchev–Trinajstić information content (AvgIpc) is 2.16. The summed E-state index contributed by atoms with van der Waals surface area (Å²) in [6, 6.07) is 2.22. The molecule has 2 rings (SSSR count). The molecule has 0 aromatic carbocycles. The lowest BCUT2D eigenvalue weighted by atomic mass is 9.62. The molecule has 0 bridgehead atoms. The minimum Gasteiger partial charge on any atom is -0.197 e. The maximum Gasteiger partial charge on any atom is 0.395 e. The van der Waals surface area contributed by atoms with Gasteiger partial charge in [-0.1, -0.05) is 11.6 Å². The molecule has 0 radical (unpaired) electrons. The molecule has 88 valence electrons. The minimum atomic E-state index is -4.15. The lowest BCUT2D eigenvalue weighted by Crippen LogP contribution is -2.33. The fraction of sp³-hybridized carbons (Fsp3) is 0.750. The molecular weight excluding hydrogens is 215 g/mol. The van der Waals surface area contributed by atoms with Gasteiger partial charge in [-0.3, -0.25) is 0 Å². The van der Waals surface area contributed by atoms with Gasteiger partial charge in [-0.05, 0) is 38.5 Å². The van der Waals surface area contributed by atoms with E-state index in [1.165, 1.54) is 6.08 Å². The molecule has 2 aliphatic carbocycles. The summed E-state index contributed by atoms with van der Waals surface area (Å²) in [7, 11) is 0. The summed E-state index contributed by atoms with van der Waals surface area (Å²) in [5, 5.41) is 9.11. The first-order valence-electron chi connectivity index (χ1n) is 5.67. The third-order valence-electron chi connectivity index (χ3n) is 3.82. The quantitative estimate of drug-likeness (QED) is 0.624. The van der Waals surface area contributed by atoms with Crippen molar-refractivity contribution < 1.29 is 13.2 Å². The molecule has 1 fully saturated rings. The van der Waals surface area contributed by atoms with Gasteiger partial charge in [0.25, 0.3) is 0 Å². The van der Waals surface area contributed by atoms with Crippen LogP contribution in [0, 0.1) is 22.7 Å². The van der Waals surface area contributed by atoms with Crippen molar-refractivity contribution in [2.24, 2.45) is 11.3 Å².